The number of para-hydroxylation sites is 1. The highest BCUT2D eigenvalue weighted by Gasteiger charge is 2.72. The standard InChI is InChI=1S/C17H13BrCl2FNO3/c1-2-9-6-7-16(19)14(24)22(8-18)15(25)17(16,20)12(9)10-4-3-5-11(21)13(10)23/h2-6,12,23H,1,7-8H2/t12-,16-,17+/m1/s1. The van der Waals surface area contributed by atoms with Gasteiger partial charge in [0.1, 0.15) is 0 Å². The number of amides is 2. The van der Waals surface area contributed by atoms with Crippen LogP contribution >= 0.6 is 39.1 Å². The summed E-state index contributed by atoms with van der Waals surface area (Å²) in [6.07, 6.45) is 3.11. The number of phenols is 1. The number of carbonyl (C=O) groups excluding carboxylic acids is 2. The van der Waals surface area contributed by atoms with Gasteiger partial charge in [-0.05, 0) is 18.1 Å². The molecule has 132 valence electrons. The Balaban J connectivity index is 2.31. The average Bonchev–Trinajstić information content (AvgIpc) is 2.74. The number of fused-ring (bicyclic) bond motifs is 1. The molecule has 8 heteroatoms. The minimum atomic E-state index is -1.91. The molecule has 1 heterocycles. The number of alkyl halides is 3. The van der Waals surface area contributed by atoms with Crippen molar-refractivity contribution in [2.24, 2.45) is 0 Å². The highest BCUT2D eigenvalue weighted by molar-refractivity contribution is 9.09. The van der Waals surface area contributed by atoms with Crippen molar-refractivity contribution >= 4 is 50.9 Å². The van der Waals surface area contributed by atoms with Gasteiger partial charge in [0.05, 0.1) is 5.45 Å². The monoisotopic (exact) mass is 447 g/mol. The summed E-state index contributed by atoms with van der Waals surface area (Å²) in [6, 6.07) is 3.92. The first-order valence-corrected chi connectivity index (χ1v) is 9.21. The SMILES string of the molecule is C=CC1=CC[C@@]2(Cl)C(=O)N(CBr)C(=O)[C@@]2(Cl)[C@H]1c1cccc(F)c1O. The molecule has 1 aliphatic heterocycles. The van der Waals surface area contributed by atoms with Gasteiger partial charge in [-0.15, -0.1) is 23.2 Å². The lowest BCUT2D eigenvalue weighted by atomic mass is 9.68. The van der Waals surface area contributed by atoms with Crippen molar-refractivity contribution in [2.45, 2.75) is 22.1 Å². The van der Waals surface area contributed by atoms with Gasteiger partial charge in [0.2, 0.25) is 0 Å². The van der Waals surface area contributed by atoms with Crippen LogP contribution in [0.1, 0.15) is 17.9 Å². The number of allylic oxidation sites excluding steroid dienone is 3. The maximum atomic E-state index is 13.9. The molecule has 1 aromatic rings. The lowest BCUT2D eigenvalue weighted by Gasteiger charge is -2.42. The fourth-order valence-corrected chi connectivity index (χ4v) is 4.82. The molecule has 1 aromatic carbocycles. The largest absolute Gasteiger partial charge is 0.505 e. The summed E-state index contributed by atoms with van der Waals surface area (Å²) in [6.45, 7) is 3.70. The molecule has 25 heavy (non-hydrogen) atoms. The molecule has 1 fully saturated rings. The van der Waals surface area contributed by atoms with Crippen LogP contribution in [0.2, 0.25) is 0 Å². The van der Waals surface area contributed by atoms with Gasteiger partial charge < -0.3 is 5.11 Å². The number of nitrogens with zero attached hydrogens (tertiary/aromatic N) is 1. The number of likely N-dealkylation sites (tertiary alicyclic amines) is 1. The lowest BCUT2D eigenvalue weighted by Crippen LogP contribution is -2.54. The van der Waals surface area contributed by atoms with Crippen LogP contribution in [0.4, 0.5) is 4.39 Å². The van der Waals surface area contributed by atoms with Crippen LogP contribution in [-0.4, -0.2) is 37.0 Å². The summed E-state index contributed by atoms with van der Waals surface area (Å²) in [4.78, 5) is 22.9. The summed E-state index contributed by atoms with van der Waals surface area (Å²) < 4.78 is 13.9. The van der Waals surface area contributed by atoms with Crippen LogP contribution in [0.15, 0.2) is 42.5 Å². The number of aromatic hydroxyl groups is 1. The van der Waals surface area contributed by atoms with Crippen LogP contribution in [-0.2, 0) is 9.59 Å². The summed E-state index contributed by atoms with van der Waals surface area (Å²) in [5, 5.41) is 10.2. The van der Waals surface area contributed by atoms with E-state index >= 15 is 0 Å². The molecule has 4 nitrogen and oxygen atoms in total. The molecular weight excluding hydrogens is 436 g/mol. The Morgan fingerprint density at radius 3 is 2.68 bits per heavy atom. The molecule has 0 saturated carbocycles. The van der Waals surface area contributed by atoms with E-state index in [1.54, 1.807) is 6.08 Å². The molecule has 2 aliphatic rings. The van der Waals surface area contributed by atoms with Crippen LogP contribution in [0.3, 0.4) is 0 Å². The highest BCUT2D eigenvalue weighted by atomic mass is 79.9. The predicted octanol–water partition coefficient (Wildman–Crippen LogP) is 3.81. The minimum absolute atomic E-state index is 0.0139. The number of carbonyl (C=O) groups is 2. The number of imide groups is 1. The molecule has 0 unspecified atom stereocenters. The van der Waals surface area contributed by atoms with Gasteiger partial charge in [-0.25, -0.2) is 4.39 Å². The lowest BCUT2D eigenvalue weighted by molar-refractivity contribution is -0.138. The Kier molecular flexibility index (Phi) is 4.50. The molecule has 3 atom stereocenters. The van der Waals surface area contributed by atoms with Crippen LogP contribution in [0.25, 0.3) is 0 Å². The Labute approximate surface area is 162 Å². The first-order valence-electron chi connectivity index (χ1n) is 7.34. The van der Waals surface area contributed by atoms with E-state index in [9.17, 15) is 19.1 Å². The molecule has 0 aromatic heterocycles. The van der Waals surface area contributed by atoms with E-state index < -0.39 is 39.0 Å². The van der Waals surface area contributed by atoms with Gasteiger partial charge in [-0.2, -0.15) is 0 Å². The second-order valence-electron chi connectivity index (χ2n) is 5.89. The third-order valence-electron chi connectivity index (χ3n) is 4.75. The van der Waals surface area contributed by atoms with Crippen molar-refractivity contribution in [3.05, 3.63) is 53.9 Å². The number of hydrogen-bond donors (Lipinski definition) is 1. The topological polar surface area (TPSA) is 57.6 Å². The first-order chi connectivity index (χ1) is 11.7. The summed E-state index contributed by atoms with van der Waals surface area (Å²) >= 11 is 16.4. The van der Waals surface area contributed by atoms with E-state index in [-0.39, 0.29) is 17.4 Å². The van der Waals surface area contributed by atoms with Gasteiger partial charge in [0.15, 0.2) is 21.3 Å². The van der Waals surface area contributed by atoms with Gasteiger partial charge in [0.25, 0.3) is 11.8 Å². The van der Waals surface area contributed by atoms with Crippen LogP contribution in [0.5, 0.6) is 5.75 Å². The summed E-state index contributed by atoms with van der Waals surface area (Å²) in [5.74, 6) is -3.87. The van der Waals surface area contributed by atoms with Crippen molar-refractivity contribution in [3.63, 3.8) is 0 Å². The molecule has 0 radical (unpaired) electrons. The number of phenolic OH excluding ortho intramolecular Hbond substituents is 1. The molecule has 2 amide bonds. The zero-order chi connectivity index (χ0) is 18.6. The second-order valence-corrected chi connectivity index (χ2v) is 7.64. The molecule has 3 rings (SSSR count). The van der Waals surface area contributed by atoms with Gasteiger partial charge in [-0.3, -0.25) is 14.5 Å². The summed E-state index contributed by atoms with van der Waals surface area (Å²) in [7, 11) is 0. The van der Waals surface area contributed by atoms with Crippen molar-refractivity contribution in [3.8, 4) is 5.75 Å². The Bertz CT molecular complexity index is 830. The molecule has 1 saturated heterocycles. The number of hydrogen-bond acceptors (Lipinski definition) is 3. The van der Waals surface area contributed by atoms with E-state index in [1.165, 1.54) is 18.2 Å². The minimum Gasteiger partial charge on any atom is -0.505 e. The summed E-state index contributed by atoms with van der Waals surface area (Å²) in [5.41, 5.74) is 0.493. The Morgan fingerprint density at radius 1 is 1.40 bits per heavy atom. The predicted molar refractivity (Wildman–Crippen MR) is 96.5 cm³/mol. The van der Waals surface area contributed by atoms with Gasteiger partial charge in [0, 0.05) is 11.5 Å². The maximum Gasteiger partial charge on any atom is 0.254 e. The molecule has 0 bridgehead atoms. The molecule has 1 aliphatic carbocycles. The highest BCUT2D eigenvalue weighted by Crippen LogP contribution is 2.60. The third kappa shape index (κ3) is 2.24. The Morgan fingerprint density at radius 2 is 2.08 bits per heavy atom. The normalized spacial score (nSPS) is 31.8. The van der Waals surface area contributed by atoms with Crippen molar-refractivity contribution < 1.29 is 19.1 Å². The molecule has 0 spiro atoms. The van der Waals surface area contributed by atoms with E-state index in [4.69, 9.17) is 23.2 Å². The Hall–Kier alpha value is -1.37. The van der Waals surface area contributed by atoms with Crippen LogP contribution < -0.4 is 0 Å². The van der Waals surface area contributed by atoms with E-state index in [0.717, 1.165) is 11.0 Å². The zero-order valence-corrected chi connectivity index (χ0v) is 15.9. The third-order valence-corrected chi connectivity index (χ3v) is 6.67. The molecule has 1 N–H and O–H groups in total. The number of rotatable bonds is 3. The number of benzene rings is 1. The van der Waals surface area contributed by atoms with E-state index in [0.29, 0.717) is 5.57 Å². The van der Waals surface area contributed by atoms with Crippen molar-refractivity contribution in [1.29, 1.82) is 0 Å². The maximum absolute atomic E-state index is 13.9. The quantitative estimate of drug-likeness (QED) is 0.434. The average molecular weight is 449 g/mol. The first kappa shape index (κ1) is 18.4. The van der Waals surface area contributed by atoms with Crippen LogP contribution in [0, 0.1) is 5.82 Å². The smallest absolute Gasteiger partial charge is 0.254 e. The van der Waals surface area contributed by atoms with Crippen molar-refractivity contribution in [1.82, 2.24) is 4.90 Å². The van der Waals surface area contributed by atoms with E-state index in [1.807, 2.05) is 0 Å². The second kappa shape index (κ2) is 6.11. The van der Waals surface area contributed by atoms with Crippen molar-refractivity contribution in [2.75, 3.05) is 5.45 Å². The van der Waals surface area contributed by atoms with Gasteiger partial charge in [-0.1, -0.05) is 46.8 Å². The van der Waals surface area contributed by atoms with Gasteiger partial charge >= 0.3 is 0 Å². The zero-order valence-electron chi connectivity index (χ0n) is 12.8. The fourth-order valence-electron chi connectivity index (χ4n) is 3.49. The van der Waals surface area contributed by atoms with E-state index in [2.05, 4.69) is 22.5 Å². The fraction of sp³-hybridized carbons (Fsp3) is 0.294. The number of halogens is 4. The molecular formula is C17H13BrCl2FNO3.